The van der Waals surface area contributed by atoms with Crippen LogP contribution in [0.4, 0.5) is 13.2 Å². The van der Waals surface area contributed by atoms with Gasteiger partial charge >= 0.3 is 6.18 Å². The number of alkyl halides is 3. The van der Waals surface area contributed by atoms with Gasteiger partial charge in [0.2, 0.25) is 5.88 Å². The summed E-state index contributed by atoms with van der Waals surface area (Å²) in [7, 11) is 0. The highest BCUT2D eigenvalue weighted by molar-refractivity contribution is 5.19. The van der Waals surface area contributed by atoms with E-state index in [4.69, 9.17) is 5.11 Å². The van der Waals surface area contributed by atoms with Crippen LogP contribution in [-0.4, -0.2) is 34.6 Å². The molecule has 0 amide bonds. The van der Waals surface area contributed by atoms with Crippen LogP contribution < -0.4 is 4.74 Å². The van der Waals surface area contributed by atoms with Crippen LogP contribution in [0.25, 0.3) is 0 Å². The molecule has 0 fully saturated rings. The number of aliphatic hydroxyl groups excluding tert-OH is 2. The first kappa shape index (κ1) is 13.7. The third-order valence-electron chi connectivity index (χ3n) is 1.93. The second kappa shape index (κ2) is 5.83. The van der Waals surface area contributed by atoms with Crippen molar-refractivity contribution < 1.29 is 28.1 Å². The molecule has 4 nitrogen and oxygen atoms in total. The van der Waals surface area contributed by atoms with Crippen LogP contribution in [0.15, 0.2) is 18.3 Å². The zero-order valence-electron chi connectivity index (χ0n) is 8.81. The van der Waals surface area contributed by atoms with Crippen molar-refractivity contribution in [3.63, 3.8) is 0 Å². The molecule has 0 spiro atoms. The molecule has 0 radical (unpaired) electrons. The first-order valence-corrected chi connectivity index (χ1v) is 4.87. The summed E-state index contributed by atoms with van der Waals surface area (Å²) in [6.45, 7) is -1.59. The highest BCUT2D eigenvalue weighted by atomic mass is 19.4. The molecule has 1 rings (SSSR count). The van der Waals surface area contributed by atoms with Gasteiger partial charge in [-0.05, 0) is 11.6 Å². The number of rotatable bonds is 5. The van der Waals surface area contributed by atoms with E-state index < -0.39 is 18.9 Å². The van der Waals surface area contributed by atoms with Crippen LogP contribution in [0.5, 0.6) is 5.88 Å². The van der Waals surface area contributed by atoms with Crippen molar-refractivity contribution in [1.82, 2.24) is 4.98 Å². The summed E-state index contributed by atoms with van der Waals surface area (Å²) in [5.41, 5.74) is 0.415. The topological polar surface area (TPSA) is 62.6 Å². The van der Waals surface area contributed by atoms with Gasteiger partial charge in [-0.25, -0.2) is 4.98 Å². The lowest BCUT2D eigenvalue weighted by Crippen LogP contribution is -2.19. The van der Waals surface area contributed by atoms with E-state index in [0.29, 0.717) is 5.56 Å². The number of pyridine rings is 1. The van der Waals surface area contributed by atoms with Crippen LogP contribution in [0, 0.1) is 0 Å². The molecule has 1 atom stereocenters. The number of aromatic nitrogens is 1. The molecule has 2 N–H and O–H groups in total. The van der Waals surface area contributed by atoms with Crippen LogP contribution in [0.1, 0.15) is 18.1 Å². The number of hydrogen-bond donors (Lipinski definition) is 2. The summed E-state index contributed by atoms with van der Waals surface area (Å²) in [4.78, 5) is 3.62. The zero-order valence-corrected chi connectivity index (χ0v) is 8.81. The van der Waals surface area contributed by atoms with Gasteiger partial charge in [0.15, 0.2) is 6.61 Å². The third-order valence-corrected chi connectivity index (χ3v) is 1.93. The van der Waals surface area contributed by atoms with Crippen molar-refractivity contribution in [1.29, 1.82) is 0 Å². The Hall–Kier alpha value is -1.34. The normalized spacial score (nSPS) is 13.5. The monoisotopic (exact) mass is 251 g/mol. The maximum Gasteiger partial charge on any atom is 0.422 e. The fourth-order valence-corrected chi connectivity index (χ4v) is 1.12. The van der Waals surface area contributed by atoms with Crippen LogP contribution in [0.3, 0.4) is 0 Å². The Morgan fingerprint density at radius 2 is 2.06 bits per heavy atom. The first-order chi connectivity index (χ1) is 7.92. The molecule has 0 bridgehead atoms. The molecule has 17 heavy (non-hydrogen) atoms. The number of hydrogen-bond acceptors (Lipinski definition) is 4. The molecule has 96 valence electrons. The maximum absolute atomic E-state index is 11.8. The van der Waals surface area contributed by atoms with E-state index in [1.807, 2.05) is 0 Å². The lowest BCUT2D eigenvalue weighted by Gasteiger charge is -2.11. The fourth-order valence-electron chi connectivity index (χ4n) is 1.12. The molecular weight excluding hydrogens is 239 g/mol. The second-order valence-electron chi connectivity index (χ2n) is 3.36. The number of halogens is 3. The van der Waals surface area contributed by atoms with E-state index >= 15 is 0 Å². The van der Waals surface area contributed by atoms with Crippen LogP contribution in [0.2, 0.25) is 0 Å². The first-order valence-electron chi connectivity index (χ1n) is 4.87. The lowest BCUT2D eigenvalue weighted by molar-refractivity contribution is -0.154. The zero-order chi connectivity index (χ0) is 12.9. The predicted molar refractivity (Wildman–Crippen MR) is 52.4 cm³/mol. The SMILES string of the molecule is OCCC(O)c1ccc(OCC(F)(F)F)nc1. The maximum atomic E-state index is 11.8. The van der Waals surface area contributed by atoms with Gasteiger partial charge in [0.1, 0.15) is 0 Å². The molecule has 0 saturated heterocycles. The molecule has 7 heteroatoms. The molecule has 1 unspecified atom stereocenters. The summed E-state index contributed by atoms with van der Waals surface area (Å²) < 4.78 is 39.9. The third kappa shape index (κ3) is 5.01. The molecule has 0 aliphatic carbocycles. The quantitative estimate of drug-likeness (QED) is 0.831. The van der Waals surface area contributed by atoms with E-state index in [2.05, 4.69) is 9.72 Å². The summed E-state index contributed by atoms with van der Waals surface area (Å²) in [5, 5.41) is 18.0. The lowest BCUT2D eigenvalue weighted by atomic mass is 10.1. The van der Waals surface area contributed by atoms with Crippen molar-refractivity contribution in [2.75, 3.05) is 13.2 Å². The average molecular weight is 251 g/mol. The second-order valence-corrected chi connectivity index (χ2v) is 3.36. The summed E-state index contributed by atoms with van der Waals surface area (Å²) in [6.07, 6.45) is -3.93. The highest BCUT2D eigenvalue weighted by Crippen LogP contribution is 2.19. The highest BCUT2D eigenvalue weighted by Gasteiger charge is 2.28. The van der Waals surface area contributed by atoms with E-state index in [1.165, 1.54) is 18.3 Å². The van der Waals surface area contributed by atoms with Crippen molar-refractivity contribution >= 4 is 0 Å². The van der Waals surface area contributed by atoms with Gasteiger partial charge in [-0.1, -0.05) is 0 Å². The van der Waals surface area contributed by atoms with E-state index in [9.17, 15) is 18.3 Å². The largest absolute Gasteiger partial charge is 0.468 e. The summed E-state index contributed by atoms with van der Waals surface area (Å²) >= 11 is 0. The van der Waals surface area contributed by atoms with E-state index in [-0.39, 0.29) is 18.9 Å². The Labute approximate surface area is 95.7 Å². The van der Waals surface area contributed by atoms with Crippen molar-refractivity contribution in [3.05, 3.63) is 23.9 Å². The Morgan fingerprint density at radius 1 is 1.35 bits per heavy atom. The Bertz CT molecular complexity index is 340. The molecule has 1 aromatic rings. The molecule has 0 aromatic carbocycles. The minimum atomic E-state index is -4.41. The summed E-state index contributed by atoms with van der Waals surface area (Å²) in [6, 6.07) is 2.64. The van der Waals surface area contributed by atoms with E-state index in [0.717, 1.165) is 0 Å². The summed E-state index contributed by atoms with van der Waals surface area (Å²) in [5.74, 6) is -0.165. The molecule has 0 aliphatic rings. The molecular formula is C10H12F3NO3. The Morgan fingerprint density at radius 3 is 2.53 bits per heavy atom. The molecule has 0 aliphatic heterocycles. The van der Waals surface area contributed by atoms with Crippen LogP contribution >= 0.6 is 0 Å². The predicted octanol–water partition coefficient (Wildman–Crippen LogP) is 1.44. The molecule has 1 aromatic heterocycles. The average Bonchev–Trinajstić information content (AvgIpc) is 2.26. The number of nitrogens with zero attached hydrogens (tertiary/aromatic N) is 1. The number of ether oxygens (including phenoxy) is 1. The minimum absolute atomic E-state index is 0.143. The van der Waals surface area contributed by atoms with Gasteiger partial charge in [-0.15, -0.1) is 0 Å². The number of aliphatic hydroxyl groups is 2. The molecule has 0 saturated carbocycles. The van der Waals surface area contributed by atoms with Gasteiger partial charge in [-0.2, -0.15) is 13.2 Å². The van der Waals surface area contributed by atoms with Crippen molar-refractivity contribution in [3.8, 4) is 5.88 Å². The standard InChI is InChI=1S/C10H12F3NO3/c11-10(12,13)6-17-9-2-1-7(5-14-9)8(16)3-4-15/h1-2,5,8,15-16H,3-4,6H2. The van der Waals surface area contributed by atoms with Crippen molar-refractivity contribution in [2.24, 2.45) is 0 Å². The minimum Gasteiger partial charge on any atom is -0.468 e. The van der Waals surface area contributed by atoms with Gasteiger partial charge in [0.05, 0.1) is 6.10 Å². The Balaban J connectivity index is 2.56. The van der Waals surface area contributed by atoms with Gasteiger partial charge in [0.25, 0.3) is 0 Å². The molecule has 1 heterocycles. The van der Waals surface area contributed by atoms with Crippen molar-refractivity contribution in [2.45, 2.75) is 18.7 Å². The van der Waals surface area contributed by atoms with Gasteiger partial charge in [0, 0.05) is 25.3 Å². The van der Waals surface area contributed by atoms with Crippen LogP contribution in [-0.2, 0) is 0 Å². The van der Waals surface area contributed by atoms with Gasteiger partial charge < -0.3 is 14.9 Å². The fraction of sp³-hybridized carbons (Fsp3) is 0.500. The van der Waals surface area contributed by atoms with Gasteiger partial charge in [-0.3, -0.25) is 0 Å². The Kier molecular flexibility index (Phi) is 4.71. The smallest absolute Gasteiger partial charge is 0.422 e. The van der Waals surface area contributed by atoms with E-state index in [1.54, 1.807) is 0 Å².